The van der Waals surface area contributed by atoms with E-state index >= 15 is 0 Å². The number of rotatable bonds is 5. The van der Waals surface area contributed by atoms with E-state index < -0.39 is 0 Å². The molecule has 128 valence electrons. The molecule has 0 radical (unpaired) electrons. The SMILES string of the molecule is COc1ccccc1NC(=O)c1cncc(Nc2ccccc2C#N)c1. The number of para-hydroxylation sites is 3. The number of nitriles is 1. The van der Waals surface area contributed by atoms with Crippen molar-refractivity contribution in [2.24, 2.45) is 0 Å². The molecule has 3 rings (SSSR count). The van der Waals surface area contributed by atoms with Crippen LogP contribution in [0.15, 0.2) is 67.0 Å². The molecule has 0 fully saturated rings. The average molecular weight is 344 g/mol. The van der Waals surface area contributed by atoms with E-state index in [9.17, 15) is 10.1 Å². The Hall–Kier alpha value is -3.85. The monoisotopic (exact) mass is 344 g/mol. The molecule has 0 atom stereocenters. The highest BCUT2D eigenvalue weighted by atomic mass is 16.5. The van der Waals surface area contributed by atoms with Crippen LogP contribution in [-0.2, 0) is 0 Å². The average Bonchev–Trinajstić information content (AvgIpc) is 2.69. The Morgan fingerprint density at radius 3 is 2.58 bits per heavy atom. The molecule has 0 aliphatic carbocycles. The van der Waals surface area contributed by atoms with Crippen molar-refractivity contribution in [2.75, 3.05) is 17.7 Å². The van der Waals surface area contributed by atoms with Crippen LogP contribution in [0.2, 0.25) is 0 Å². The number of benzene rings is 2. The molecule has 0 bridgehead atoms. The van der Waals surface area contributed by atoms with Crippen molar-refractivity contribution in [2.45, 2.75) is 0 Å². The molecule has 0 aliphatic heterocycles. The van der Waals surface area contributed by atoms with Crippen LogP contribution < -0.4 is 15.4 Å². The summed E-state index contributed by atoms with van der Waals surface area (Å²) in [6.45, 7) is 0. The first-order chi connectivity index (χ1) is 12.7. The highest BCUT2D eigenvalue weighted by Gasteiger charge is 2.11. The molecule has 26 heavy (non-hydrogen) atoms. The predicted molar refractivity (Wildman–Crippen MR) is 99.6 cm³/mol. The number of hydrogen-bond acceptors (Lipinski definition) is 5. The first kappa shape index (κ1) is 17.0. The second-order valence-corrected chi connectivity index (χ2v) is 5.40. The maximum Gasteiger partial charge on any atom is 0.257 e. The van der Waals surface area contributed by atoms with E-state index in [0.29, 0.717) is 33.9 Å². The summed E-state index contributed by atoms with van der Waals surface area (Å²) in [5.74, 6) is 0.269. The topological polar surface area (TPSA) is 87.0 Å². The molecule has 1 heterocycles. The van der Waals surface area contributed by atoms with Crippen LogP contribution in [0.4, 0.5) is 17.1 Å². The maximum absolute atomic E-state index is 12.5. The standard InChI is InChI=1S/C20H16N4O2/c1-26-19-9-5-4-8-18(19)24-20(25)15-10-16(13-22-12-15)23-17-7-3-2-6-14(17)11-21/h2-10,12-13,23H,1H3,(H,24,25). The van der Waals surface area contributed by atoms with Gasteiger partial charge in [-0.25, -0.2) is 0 Å². The zero-order valence-corrected chi connectivity index (χ0v) is 14.1. The molecule has 3 aromatic rings. The van der Waals surface area contributed by atoms with Crippen LogP contribution in [0, 0.1) is 11.3 Å². The van der Waals surface area contributed by atoms with Crippen molar-refractivity contribution in [3.63, 3.8) is 0 Å². The van der Waals surface area contributed by atoms with Crippen LogP contribution in [-0.4, -0.2) is 18.0 Å². The van der Waals surface area contributed by atoms with E-state index in [1.807, 2.05) is 18.2 Å². The van der Waals surface area contributed by atoms with Gasteiger partial charge in [0.15, 0.2) is 0 Å². The molecule has 0 unspecified atom stereocenters. The van der Waals surface area contributed by atoms with Gasteiger partial charge in [-0.1, -0.05) is 24.3 Å². The fraction of sp³-hybridized carbons (Fsp3) is 0.0500. The lowest BCUT2D eigenvalue weighted by Gasteiger charge is -2.11. The summed E-state index contributed by atoms with van der Waals surface area (Å²) in [6, 6.07) is 18.1. The third-order valence-corrected chi connectivity index (χ3v) is 3.68. The fourth-order valence-corrected chi connectivity index (χ4v) is 2.42. The van der Waals surface area contributed by atoms with Gasteiger partial charge in [-0.05, 0) is 30.3 Å². The van der Waals surface area contributed by atoms with Gasteiger partial charge >= 0.3 is 0 Å². The van der Waals surface area contributed by atoms with Gasteiger partial charge in [-0.3, -0.25) is 9.78 Å². The van der Waals surface area contributed by atoms with Crippen LogP contribution in [0.5, 0.6) is 5.75 Å². The van der Waals surface area contributed by atoms with Crippen molar-refractivity contribution >= 4 is 23.0 Å². The minimum Gasteiger partial charge on any atom is -0.495 e. The summed E-state index contributed by atoms with van der Waals surface area (Å²) in [5.41, 5.74) is 2.74. The summed E-state index contributed by atoms with van der Waals surface area (Å²) in [7, 11) is 1.55. The number of nitrogens with zero attached hydrogens (tertiary/aromatic N) is 2. The lowest BCUT2D eigenvalue weighted by molar-refractivity contribution is 0.102. The van der Waals surface area contributed by atoms with Gasteiger partial charge in [0.1, 0.15) is 11.8 Å². The Balaban J connectivity index is 1.81. The Labute approximate surface area is 151 Å². The molecule has 0 spiro atoms. The van der Waals surface area contributed by atoms with Crippen molar-refractivity contribution in [1.82, 2.24) is 4.98 Å². The first-order valence-corrected chi connectivity index (χ1v) is 7.87. The molecular formula is C20H16N4O2. The number of amides is 1. The smallest absolute Gasteiger partial charge is 0.257 e. The van der Waals surface area contributed by atoms with E-state index in [0.717, 1.165) is 0 Å². The summed E-state index contributed by atoms with van der Waals surface area (Å²) in [5, 5.41) is 15.1. The Morgan fingerprint density at radius 1 is 1.08 bits per heavy atom. The van der Waals surface area contributed by atoms with Gasteiger partial charge < -0.3 is 15.4 Å². The number of carbonyl (C=O) groups is 1. The van der Waals surface area contributed by atoms with Gasteiger partial charge in [-0.2, -0.15) is 5.26 Å². The van der Waals surface area contributed by atoms with E-state index in [1.54, 1.807) is 49.7 Å². The van der Waals surface area contributed by atoms with Crippen molar-refractivity contribution in [3.05, 3.63) is 78.1 Å². The van der Waals surface area contributed by atoms with Gasteiger partial charge in [0.2, 0.25) is 0 Å². The number of anilines is 3. The molecule has 2 N–H and O–H groups in total. The third kappa shape index (κ3) is 3.79. The number of aromatic nitrogens is 1. The lowest BCUT2D eigenvalue weighted by atomic mass is 10.2. The normalized spacial score (nSPS) is 9.85. The zero-order valence-electron chi connectivity index (χ0n) is 14.1. The largest absolute Gasteiger partial charge is 0.495 e. The van der Waals surface area contributed by atoms with Gasteiger partial charge in [-0.15, -0.1) is 0 Å². The molecule has 1 aromatic heterocycles. The number of carbonyl (C=O) groups excluding carboxylic acids is 1. The summed E-state index contributed by atoms with van der Waals surface area (Å²) >= 11 is 0. The Bertz CT molecular complexity index is 979. The predicted octanol–water partition coefficient (Wildman–Crippen LogP) is 3.96. The fourth-order valence-electron chi connectivity index (χ4n) is 2.42. The summed E-state index contributed by atoms with van der Waals surface area (Å²) in [4.78, 5) is 16.6. The Morgan fingerprint density at radius 2 is 1.81 bits per heavy atom. The van der Waals surface area contributed by atoms with E-state index in [4.69, 9.17) is 4.74 Å². The molecule has 6 nitrogen and oxygen atoms in total. The number of ether oxygens (including phenoxy) is 1. The van der Waals surface area contributed by atoms with Crippen LogP contribution >= 0.6 is 0 Å². The number of methoxy groups -OCH3 is 1. The van der Waals surface area contributed by atoms with Crippen molar-refractivity contribution in [1.29, 1.82) is 5.26 Å². The number of hydrogen-bond donors (Lipinski definition) is 2. The number of pyridine rings is 1. The van der Waals surface area contributed by atoms with Gasteiger partial charge in [0.05, 0.1) is 41.5 Å². The van der Waals surface area contributed by atoms with Crippen LogP contribution in [0.1, 0.15) is 15.9 Å². The van der Waals surface area contributed by atoms with Crippen LogP contribution in [0.3, 0.4) is 0 Å². The summed E-state index contributed by atoms with van der Waals surface area (Å²) < 4.78 is 5.24. The van der Waals surface area contributed by atoms with Gasteiger partial charge in [0, 0.05) is 6.20 Å². The number of nitrogens with one attached hydrogen (secondary N) is 2. The second kappa shape index (κ2) is 7.81. The van der Waals surface area contributed by atoms with E-state index in [-0.39, 0.29) is 5.91 Å². The molecular weight excluding hydrogens is 328 g/mol. The molecule has 6 heteroatoms. The molecule has 2 aromatic carbocycles. The van der Waals surface area contributed by atoms with E-state index in [2.05, 4.69) is 21.7 Å². The minimum atomic E-state index is -0.306. The minimum absolute atomic E-state index is 0.306. The summed E-state index contributed by atoms with van der Waals surface area (Å²) in [6.07, 6.45) is 3.07. The van der Waals surface area contributed by atoms with E-state index in [1.165, 1.54) is 6.20 Å². The molecule has 0 aliphatic rings. The molecule has 0 saturated heterocycles. The van der Waals surface area contributed by atoms with Crippen molar-refractivity contribution in [3.8, 4) is 11.8 Å². The highest BCUT2D eigenvalue weighted by molar-refractivity contribution is 6.05. The lowest BCUT2D eigenvalue weighted by Crippen LogP contribution is -2.13. The quantitative estimate of drug-likeness (QED) is 0.731. The third-order valence-electron chi connectivity index (χ3n) is 3.68. The first-order valence-electron chi connectivity index (χ1n) is 7.87. The molecule has 0 saturated carbocycles. The Kier molecular flexibility index (Phi) is 5.11. The second-order valence-electron chi connectivity index (χ2n) is 5.40. The van der Waals surface area contributed by atoms with Crippen molar-refractivity contribution < 1.29 is 9.53 Å². The highest BCUT2D eigenvalue weighted by Crippen LogP contribution is 2.24. The van der Waals surface area contributed by atoms with Crippen LogP contribution in [0.25, 0.3) is 0 Å². The zero-order chi connectivity index (χ0) is 18.4. The molecule has 1 amide bonds. The van der Waals surface area contributed by atoms with Gasteiger partial charge in [0.25, 0.3) is 5.91 Å². The maximum atomic E-state index is 12.5.